The Morgan fingerprint density at radius 2 is 2.00 bits per heavy atom. The van der Waals surface area contributed by atoms with Gasteiger partial charge in [0.1, 0.15) is 5.84 Å². The van der Waals surface area contributed by atoms with Crippen LogP contribution in [0.25, 0.3) is 10.9 Å². The van der Waals surface area contributed by atoms with E-state index in [0.717, 1.165) is 16.5 Å². The highest BCUT2D eigenvalue weighted by atomic mass is 35.5. The van der Waals surface area contributed by atoms with E-state index >= 15 is 0 Å². The van der Waals surface area contributed by atoms with Gasteiger partial charge < -0.3 is 10.7 Å². The molecule has 0 saturated carbocycles. The molecule has 0 saturated heterocycles. The molecule has 0 aliphatic heterocycles. The van der Waals surface area contributed by atoms with Crippen LogP contribution in [0.15, 0.2) is 30.5 Å². The van der Waals surface area contributed by atoms with Crippen LogP contribution in [-0.4, -0.2) is 10.8 Å². The fraction of sp³-hybridized carbons (Fsp3) is 0. The van der Waals surface area contributed by atoms with Crippen LogP contribution in [0.3, 0.4) is 0 Å². The highest BCUT2D eigenvalue weighted by Crippen LogP contribution is 2.16. The highest BCUT2D eigenvalue weighted by Gasteiger charge is 2.03. The van der Waals surface area contributed by atoms with Gasteiger partial charge in [-0.05, 0) is 6.07 Å². The van der Waals surface area contributed by atoms with E-state index in [4.69, 9.17) is 11.1 Å². The molecule has 0 bridgehead atoms. The molecule has 0 radical (unpaired) electrons. The van der Waals surface area contributed by atoms with Crippen molar-refractivity contribution >= 4 is 29.1 Å². The van der Waals surface area contributed by atoms with Crippen molar-refractivity contribution in [3.05, 3.63) is 36.0 Å². The fourth-order valence-corrected chi connectivity index (χ4v) is 1.29. The molecule has 0 fully saturated rings. The van der Waals surface area contributed by atoms with Gasteiger partial charge in [-0.1, -0.05) is 18.2 Å². The van der Waals surface area contributed by atoms with Crippen molar-refractivity contribution in [3.8, 4) is 0 Å². The Morgan fingerprint density at radius 3 is 2.69 bits per heavy atom. The quantitative estimate of drug-likeness (QED) is 0.472. The number of rotatable bonds is 1. The van der Waals surface area contributed by atoms with Crippen LogP contribution >= 0.6 is 12.4 Å². The van der Waals surface area contributed by atoms with Gasteiger partial charge in [0, 0.05) is 22.7 Å². The second-order valence-corrected chi connectivity index (χ2v) is 2.66. The van der Waals surface area contributed by atoms with Crippen molar-refractivity contribution in [1.29, 1.82) is 5.41 Å². The predicted molar refractivity (Wildman–Crippen MR) is 56.6 cm³/mol. The van der Waals surface area contributed by atoms with Crippen molar-refractivity contribution in [2.24, 2.45) is 5.73 Å². The Balaban J connectivity index is 0.000000845. The molecule has 1 aromatic heterocycles. The maximum atomic E-state index is 7.29. The third-order valence-corrected chi connectivity index (χ3v) is 1.88. The lowest BCUT2D eigenvalue weighted by Crippen LogP contribution is -2.09. The zero-order valence-electron chi connectivity index (χ0n) is 6.87. The summed E-state index contributed by atoms with van der Waals surface area (Å²) in [5.74, 6) is 0.104. The van der Waals surface area contributed by atoms with Gasteiger partial charge in [-0.3, -0.25) is 5.41 Å². The molecule has 0 unspecified atom stereocenters. The average molecular weight is 196 g/mol. The summed E-state index contributed by atoms with van der Waals surface area (Å²) in [5.41, 5.74) is 7.17. The summed E-state index contributed by atoms with van der Waals surface area (Å²) in [6.07, 6.45) is 1.76. The number of halogens is 1. The molecule has 4 heteroatoms. The van der Waals surface area contributed by atoms with E-state index < -0.39 is 0 Å². The maximum Gasteiger partial charge on any atom is 0.124 e. The number of nitrogen functional groups attached to an aromatic ring is 1. The normalized spacial score (nSPS) is 9.54. The summed E-state index contributed by atoms with van der Waals surface area (Å²) in [6, 6.07) is 7.79. The molecular formula is C9H10ClN3. The second kappa shape index (κ2) is 3.49. The van der Waals surface area contributed by atoms with Gasteiger partial charge in [0.25, 0.3) is 0 Å². The molecule has 68 valence electrons. The Morgan fingerprint density at radius 1 is 1.31 bits per heavy atom. The molecule has 0 aliphatic carbocycles. The smallest absolute Gasteiger partial charge is 0.124 e. The highest BCUT2D eigenvalue weighted by molar-refractivity contribution is 6.07. The van der Waals surface area contributed by atoms with E-state index in [1.165, 1.54) is 0 Å². The van der Waals surface area contributed by atoms with E-state index in [0.29, 0.717) is 0 Å². The number of hydrogen-bond acceptors (Lipinski definition) is 1. The summed E-state index contributed by atoms with van der Waals surface area (Å²) < 4.78 is 0. The number of nitrogens with one attached hydrogen (secondary N) is 2. The second-order valence-electron chi connectivity index (χ2n) is 2.66. The van der Waals surface area contributed by atoms with Gasteiger partial charge in [0.15, 0.2) is 0 Å². The minimum absolute atomic E-state index is 0. The van der Waals surface area contributed by atoms with Gasteiger partial charge in [-0.2, -0.15) is 0 Å². The van der Waals surface area contributed by atoms with Crippen molar-refractivity contribution < 1.29 is 0 Å². The number of amidine groups is 1. The lowest BCUT2D eigenvalue weighted by Gasteiger charge is -1.92. The van der Waals surface area contributed by atoms with Crippen LogP contribution in [-0.2, 0) is 0 Å². The summed E-state index contributed by atoms with van der Waals surface area (Å²) in [6.45, 7) is 0. The number of benzene rings is 1. The minimum atomic E-state index is 0. The lowest BCUT2D eigenvalue weighted by molar-refractivity contribution is 1.41. The molecule has 1 aromatic carbocycles. The van der Waals surface area contributed by atoms with Gasteiger partial charge in [0.2, 0.25) is 0 Å². The zero-order valence-corrected chi connectivity index (χ0v) is 7.69. The molecule has 1 heterocycles. The minimum Gasteiger partial charge on any atom is -0.384 e. The summed E-state index contributed by atoms with van der Waals surface area (Å²) >= 11 is 0. The predicted octanol–water partition coefficient (Wildman–Crippen LogP) is 1.87. The lowest BCUT2D eigenvalue weighted by atomic mass is 10.2. The third kappa shape index (κ3) is 1.51. The fourth-order valence-electron chi connectivity index (χ4n) is 1.29. The Hall–Kier alpha value is -1.48. The standard InChI is InChI=1S/C9H9N3.ClH/c10-9(11)7-5-12-8-4-2-1-3-6(7)8;/h1-5,12H,(H3,10,11);1H. The number of hydrogen-bond donors (Lipinski definition) is 3. The van der Waals surface area contributed by atoms with Crippen molar-refractivity contribution in [1.82, 2.24) is 4.98 Å². The van der Waals surface area contributed by atoms with Gasteiger partial charge in [-0.25, -0.2) is 0 Å². The van der Waals surface area contributed by atoms with Gasteiger partial charge in [-0.15, -0.1) is 12.4 Å². The number of aromatic nitrogens is 1. The van der Waals surface area contributed by atoms with Crippen molar-refractivity contribution in [3.63, 3.8) is 0 Å². The van der Waals surface area contributed by atoms with E-state index in [-0.39, 0.29) is 18.2 Å². The first-order valence-corrected chi connectivity index (χ1v) is 3.69. The van der Waals surface area contributed by atoms with Crippen molar-refractivity contribution in [2.45, 2.75) is 0 Å². The van der Waals surface area contributed by atoms with E-state index in [1.54, 1.807) is 6.20 Å². The first-order chi connectivity index (χ1) is 5.79. The monoisotopic (exact) mass is 195 g/mol. The van der Waals surface area contributed by atoms with Gasteiger partial charge >= 0.3 is 0 Å². The van der Waals surface area contributed by atoms with Gasteiger partial charge in [0.05, 0.1) is 0 Å². The molecule has 0 atom stereocenters. The van der Waals surface area contributed by atoms with E-state index in [1.807, 2.05) is 24.3 Å². The maximum absolute atomic E-state index is 7.29. The molecule has 0 spiro atoms. The summed E-state index contributed by atoms with van der Waals surface area (Å²) in [4.78, 5) is 3.05. The number of aromatic amines is 1. The van der Waals surface area contributed by atoms with Crippen LogP contribution in [0.2, 0.25) is 0 Å². The Kier molecular flexibility index (Phi) is 2.58. The number of H-pyrrole nitrogens is 1. The third-order valence-electron chi connectivity index (χ3n) is 1.88. The molecule has 2 aromatic rings. The number of nitrogens with two attached hydrogens (primary N) is 1. The van der Waals surface area contributed by atoms with Crippen LogP contribution in [0, 0.1) is 5.41 Å². The number of fused-ring (bicyclic) bond motifs is 1. The van der Waals surface area contributed by atoms with Crippen LogP contribution in [0.1, 0.15) is 5.56 Å². The average Bonchev–Trinajstić information content (AvgIpc) is 2.47. The SMILES string of the molecule is Cl.N=C(N)c1c[nH]c2ccccc12. The topological polar surface area (TPSA) is 65.7 Å². The zero-order chi connectivity index (χ0) is 8.55. The van der Waals surface area contributed by atoms with Crippen LogP contribution in [0.5, 0.6) is 0 Å². The molecule has 0 aliphatic rings. The molecule has 3 nitrogen and oxygen atoms in total. The van der Waals surface area contributed by atoms with E-state index in [9.17, 15) is 0 Å². The number of para-hydroxylation sites is 1. The first kappa shape index (κ1) is 9.61. The molecular weight excluding hydrogens is 186 g/mol. The molecule has 2 rings (SSSR count). The molecule has 0 amide bonds. The van der Waals surface area contributed by atoms with E-state index in [2.05, 4.69) is 4.98 Å². The summed E-state index contributed by atoms with van der Waals surface area (Å²) in [5, 5.41) is 8.30. The first-order valence-electron chi connectivity index (χ1n) is 3.69. The van der Waals surface area contributed by atoms with Crippen LogP contribution < -0.4 is 5.73 Å². The Labute approximate surface area is 81.9 Å². The van der Waals surface area contributed by atoms with Crippen LogP contribution in [0.4, 0.5) is 0 Å². The molecule has 4 N–H and O–H groups in total. The summed E-state index contributed by atoms with van der Waals surface area (Å²) in [7, 11) is 0. The van der Waals surface area contributed by atoms with Crippen molar-refractivity contribution in [2.75, 3.05) is 0 Å². The Bertz CT molecular complexity index is 433. The largest absolute Gasteiger partial charge is 0.384 e. The molecule has 13 heavy (non-hydrogen) atoms.